The van der Waals surface area contributed by atoms with E-state index in [1.807, 2.05) is 0 Å². The van der Waals surface area contributed by atoms with Crippen LogP contribution in [-0.2, 0) is 16.6 Å². The van der Waals surface area contributed by atoms with Crippen molar-refractivity contribution in [1.29, 1.82) is 4.78 Å². The highest BCUT2D eigenvalue weighted by Gasteiger charge is 1.99. The molecule has 0 aliphatic rings. The molecule has 0 aliphatic heterocycles. The molecular weight excluding hydrogens is 175 g/mol. The van der Waals surface area contributed by atoms with Crippen molar-refractivity contribution < 1.29 is 4.39 Å². The molecule has 1 aromatic carbocycles. The summed E-state index contributed by atoms with van der Waals surface area (Å²) in [5, 5.41) is 5.28. The molecule has 1 aromatic rings. The monoisotopic (exact) mass is 186 g/mol. The van der Waals surface area contributed by atoms with E-state index in [2.05, 4.69) is 0 Å². The third kappa shape index (κ3) is 2.39. The Morgan fingerprint density at radius 2 is 2.25 bits per heavy atom. The first-order valence-electron chi connectivity index (χ1n) is 3.51. The van der Waals surface area contributed by atoms with Crippen LogP contribution in [0.5, 0.6) is 0 Å². The molecule has 0 amide bonds. The SMILES string of the molecule is Cc1ccc(CS(=N)N)cc1F. The van der Waals surface area contributed by atoms with Crippen LogP contribution >= 0.6 is 0 Å². The lowest BCUT2D eigenvalue weighted by atomic mass is 10.2. The number of rotatable bonds is 2. The minimum atomic E-state index is -0.898. The molecule has 12 heavy (non-hydrogen) atoms. The van der Waals surface area contributed by atoms with Crippen LogP contribution in [0, 0.1) is 17.5 Å². The van der Waals surface area contributed by atoms with Gasteiger partial charge in [-0.25, -0.2) is 4.39 Å². The Bertz CT molecular complexity index is 312. The maximum absolute atomic E-state index is 12.9. The number of halogens is 1. The molecule has 0 aliphatic carbocycles. The Labute approximate surface area is 73.6 Å². The first-order chi connectivity index (χ1) is 5.59. The fourth-order valence-electron chi connectivity index (χ4n) is 0.906. The van der Waals surface area contributed by atoms with Gasteiger partial charge in [-0.2, -0.15) is 0 Å². The minimum absolute atomic E-state index is 0.224. The molecule has 4 heteroatoms. The standard InChI is InChI=1S/C8H11FN2S/c1-6-2-3-7(4-8(6)9)5-12(10)11/h2-4H,5H2,1H3,(H3,10,11). The van der Waals surface area contributed by atoms with E-state index in [1.54, 1.807) is 19.1 Å². The fraction of sp³-hybridized carbons (Fsp3) is 0.250. The van der Waals surface area contributed by atoms with E-state index in [1.165, 1.54) is 6.07 Å². The zero-order valence-corrected chi connectivity index (χ0v) is 7.62. The van der Waals surface area contributed by atoms with Gasteiger partial charge in [-0.1, -0.05) is 12.1 Å². The van der Waals surface area contributed by atoms with Gasteiger partial charge >= 0.3 is 0 Å². The summed E-state index contributed by atoms with van der Waals surface area (Å²) < 4.78 is 20.1. The van der Waals surface area contributed by atoms with Gasteiger partial charge in [0.25, 0.3) is 0 Å². The van der Waals surface area contributed by atoms with Gasteiger partial charge in [0, 0.05) is 5.75 Å². The van der Waals surface area contributed by atoms with Crippen LogP contribution < -0.4 is 5.14 Å². The molecule has 1 rings (SSSR count). The summed E-state index contributed by atoms with van der Waals surface area (Å²) in [6.45, 7) is 1.71. The van der Waals surface area contributed by atoms with Crippen LogP contribution in [0.4, 0.5) is 4.39 Å². The maximum atomic E-state index is 12.9. The molecule has 1 atom stereocenters. The Morgan fingerprint density at radius 3 is 2.75 bits per heavy atom. The molecule has 0 bridgehead atoms. The van der Waals surface area contributed by atoms with E-state index < -0.39 is 10.9 Å². The van der Waals surface area contributed by atoms with Crippen LogP contribution in [0.2, 0.25) is 0 Å². The second-order valence-corrected chi connectivity index (χ2v) is 3.80. The van der Waals surface area contributed by atoms with E-state index in [-0.39, 0.29) is 5.82 Å². The van der Waals surface area contributed by atoms with Gasteiger partial charge in [-0.3, -0.25) is 9.92 Å². The van der Waals surface area contributed by atoms with Gasteiger partial charge in [0.15, 0.2) is 0 Å². The van der Waals surface area contributed by atoms with Crippen LogP contribution in [0.15, 0.2) is 18.2 Å². The fourth-order valence-corrected chi connectivity index (χ4v) is 1.44. The minimum Gasteiger partial charge on any atom is -0.269 e. The molecule has 3 N–H and O–H groups in total. The topological polar surface area (TPSA) is 49.9 Å². The predicted molar refractivity (Wildman–Crippen MR) is 49.1 cm³/mol. The zero-order valence-electron chi connectivity index (χ0n) is 6.80. The quantitative estimate of drug-likeness (QED) is 0.728. The number of nitrogens with two attached hydrogens (primary N) is 1. The number of benzene rings is 1. The molecule has 0 spiro atoms. The lowest BCUT2D eigenvalue weighted by Gasteiger charge is -2.01. The average molecular weight is 186 g/mol. The van der Waals surface area contributed by atoms with Crippen molar-refractivity contribution in [2.75, 3.05) is 0 Å². The average Bonchev–Trinajstić information content (AvgIpc) is 1.96. The smallest absolute Gasteiger partial charge is 0.126 e. The second-order valence-electron chi connectivity index (χ2n) is 2.66. The Kier molecular flexibility index (Phi) is 2.94. The molecule has 0 aromatic heterocycles. The summed E-state index contributed by atoms with van der Waals surface area (Å²) in [6, 6.07) is 4.95. The largest absolute Gasteiger partial charge is 0.269 e. The normalized spacial score (nSPS) is 12.9. The van der Waals surface area contributed by atoms with Crippen LogP contribution in [-0.4, -0.2) is 0 Å². The highest BCUT2D eigenvalue weighted by atomic mass is 32.2. The Hall–Kier alpha value is -0.740. The number of aryl methyl sites for hydroxylation is 1. The van der Waals surface area contributed by atoms with Crippen molar-refractivity contribution in [2.24, 2.45) is 5.14 Å². The zero-order chi connectivity index (χ0) is 9.14. The van der Waals surface area contributed by atoms with Gasteiger partial charge in [0.2, 0.25) is 0 Å². The van der Waals surface area contributed by atoms with Crippen molar-refractivity contribution in [1.82, 2.24) is 0 Å². The summed E-state index contributed by atoms with van der Waals surface area (Å²) in [5.41, 5.74) is 1.42. The molecule has 0 fully saturated rings. The molecule has 66 valence electrons. The van der Waals surface area contributed by atoms with Gasteiger partial charge in [0.1, 0.15) is 5.82 Å². The van der Waals surface area contributed by atoms with Gasteiger partial charge in [0.05, 0.1) is 0 Å². The van der Waals surface area contributed by atoms with Gasteiger partial charge in [-0.15, -0.1) is 0 Å². The third-order valence-corrected chi connectivity index (χ3v) is 2.20. The van der Waals surface area contributed by atoms with Crippen molar-refractivity contribution in [2.45, 2.75) is 12.7 Å². The molecule has 0 radical (unpaired) electrons. The van der Waals surface area contributed by atoms with E-state index in [4.69, 9.17) is 9.92 Å². The summed E-state index contributed by atoms with van der Waals surface area (Å²) in [7, 11) is -0.898. The molecule has 2 nitrogen and oxygen atoms in total. The Morgan fingerprint density at radius 1 is 1.58 bits per heavy atom. The molecular formula is C8H11FN2S. The maximum Gasteiger partial charge on any atom is 0.126 e. The lowest BCUT2D eigenvalue weighted by molar-refractivity contribution is 0.617. The highest BCUT2D eigenvalue weighted by Crippen LogP contribution is 2.09. The van der Waals surface area contributed by atoms with Crippen molar-refractivity contribution in [3.63, 3.8) is 0 Å². The van der Waals surface area contributed by atoms with E-state index in [0.717, 1.165) is 5.56 Å². The first kappa shape index (κ1) is 9.35. The van der Waals surface area contributed by atoms with Gasteiger partial charge < -0.3 is 0 Å². The summed E-state index contributed by atoms with van der Waals surface area (Å²) in [5.74, 6) is 0.204. The lowest BCUT2D eigenvalue weighted by Crippen LogP contribution is -2.03. The van der Waals surface area contributed by atoms with E-state index in [0.29, 0.717) is 11.3 Å². The highest BCUT2D eigenvalue weighted by molar-refractivity contribution is 7.82. The van der Waals surface area contributed by atoms with Crippen LogP contribution in [0.25, 0.3) is 0 Å². The molecule has 0 saturated carbocycles. The second kappa shape index (κ2) is 3.78. The number of hydrogen-bond acceptors (Lipinski definition) is 1. The summed E-state index contributed by atoms with van der Waals surface area (Å²) in [6.07, 6.45) is 0. The van der Waals surface area contributed by atoms with Crippen LogP contribution in [0.1, 0.15) is 11.1 Å². The van der Waals surface area contributed by atoms with Crippen molar-refractivity contribution in [3.05, 3.63) is 35.1 Å². The predicted octanol–water partition coefficient (Wildman–Crippen LogP) is 1.89. The van der Waals surface area contributed by atoms with Crippen molar-refractivity contribution >= 4 is 10.9 Å². The first-order valence-corrected chi connectivity index (χ1v) is 4.97. The number of nitrogens with one attached hydrogen (secondary N) is 1. The molecule has 1 unspecified atom stereocenters. The van der Waals surface area contributed by atoms with Crippen LogP contribution in [0.3, 0.4) is 0 Å². The Balaban J connectivity index is 2.89. The molecule has 0 saturated heterocycles. The third-order valence-electron chi connectivity index (χ3n) is 1.56. The summed E-state index contributed by atoms with van der Waals surface area (Å²) in [4.78, 5) is 0. The summed E-state index contributed by atoms with van der Waals surface area (Å²) >= 11 is 0. The van der Waals surface area contributed by atoms with E-state index >= 15 is 0 Å². The molecule has 0 heterocycles. The number of hydrogen-bond donors (Lipinski definition) is 2. The van der Waals surface area contributed by atoms with Crippen molar-refractivity contribution in [3.8, 4) is 0 Å². The van der Waals surface area contributed by atoms with E-state index in [9.17, 15) is 4.39 Å². The van der Waals surface area contributed by atoms with Gasteiger partial charge in [-0.05, 0) is 35.0 Å².